The van der Waals surface area contributed by atoms with E-state index >= 15 is 0 Å². The number of likely N-dealkylation sites (N-methyl/N-ethyl adjacent to an activating group) is 3. The minimum absolute atomic E-state index is 0.116. The van der Waals surface area contributed by atoms with E-state index in [4.69, 9.17) is 0 Å². The number of hydrogen-bond donors (Lipinski definition) is 0. The monoisotopic (exact) mass is 195 g/mol. The summed E-state index contributed by atoms with van der Waals surface area (Å²) >= 11 is 0. The van der Waals surface area contributed by atoms with Gasteiger partial charge in [-0.1, -0.05) is 5.22 Å². The van der Waals surface area contributed by atoms with Crippen molar-refractivity contribution in [1.29, 1.82) is 0 Å². The highest BCUT2D eigenvalue weighted by molar-refractivity contribution is 5.19. The van der Waals surface area contributed by atoms with Gasteiger partial charge in [-0.05, 0) is 23.3 Å². The van der Waals surface area contributed by atoms with Crippen LogP contribution in [0.25, 0.3) is 0 Å². The van der Waals surface area contributed by atoms with Crippen molar-refractivity contribution in [3.8, 4) is 0 Å². The van der Waals surface area contributed by atoms with Crippen LogP contribution in [0.1, 0.15) is 12.8 Å². The number of nitrogens with zero attached hydrogens (tertiary/aromatic N) is 7. The third kappa shape index (κ3) is 0.564. The molecule has 2 heterocycles. The normalized spacial score (nSPS) is 30.1. The maximum atomic E-state index is 4.34. The van der Waals surface area contributed by atoms with Gasteiger partial charge in [0.2, 0.25) is 0 Å². The standard InChI is InChI=1S/C7H13N7/c1-12-7(6(4-5-6)8-9-12)13(2)10-11-14(7)3/h4-5H2,1-3H3. The Kier molecular flexibility index (Phi) is 1.13. The Morgan fingerprint density at radius 1 is 0.857 bits per heavy atom. The molecule has 0 aromatic heterocycles. The molecule has 0 saturated heterocycles. The predicted octanol–water partition coefficient (Wildman–Crippen LogP) is 0.645. The first kappa shape index (κ1) is 7.95. The van der Waals surface area contributed by atoms with E-state index in [-0.39, 0.29) is 5.54 Å². The quantitative estimate of drug-likeness (QED) is 0.570. The molecular weight excluding hydrogens is 182 g/mol. The molecule has 3 aliphatic rings. The van der Waals surface area contributed by atoms with Gasteiger partial charge in [-0.15, -0.1) is 0 Å². The molecule has 1 fully saturated rings. The van der Waals surface area contributed by atoms with Crippen LogP contribution >= 0.6 is 0 Å². The van der Waals surface area contributed by atoms with Gasteiger partial charge in [0.25, 0.3) is 5.79 Å². The van der Waals surface area contributed by atoms with Crippen LogP contribution in [0, 0.1) is 0 Å². The van der Waals surface area contributed by atoms with Crippen molar-refractivity contribution in [2.24, 2.45) is 20.8 Å². The highest BCUT2D eigenvalue weighted by Gasteiger charge is 2.73. The minimum atomic E-state index is -0.396. The van der Waals surface area contributed by atoms with Gasteiger partial charge in [0.05, 0.1) is 0 Å². The van der Waals surface area contributed by atoms with E-state index in [9.17, 15) is 0 Å². The SMILES string of the molecule is CN1N=NN(C)C12N(C)N=NC21CC1. The maximum Gasteiger partial charge on any atom is 0.268 e. The molecule has 14 heavy (non-hydrogen) atoms. The molecule has 0 bridgehead atoms. The van der Waals surface area contributed by atoms with Crippen LogP contribution in [-0.4, -0.2) is 47.5 Å². The summed E-state index contributed by atoms with van der Waals surface area (Å²) in [6.07, 6.45) is 2.11. The van der Waals surface area contributed by atoms with E-state index in [0.29, 0.717) is 0 Å². The van der Waals surface area contributed by atoms with E-state index in [1.165, 1.54) is 0 Å². The van der Waals surface area contributed by atoms with E-state index in [2.05, 4.69) is 20.8 Å². The van der Waals surface area contributed by atoms with Crippen molar-refractivity contribution >= 4 is 0 Å². The summed E-state index contributed by atoms with van der Waals surface area (Å²) < 4.78 is 0. The number of hydrogen-bond acceptors (Lipinski definition) is 7. The van der Waals surface area contributed by atoms with Gasteiger partial charge >= 0.3 is 0 Å². The van der Waals surface area contributed by atoms with Crippen LogP contribution in [0.2, 0.25) is 0 Å². The zero-order valence-corrected chi connectivity index (χ0v) is 8.54. The van der Waals surface area contributed by atoms with E-state index in [1.54, 1.807) is 0 Å². The highest BCUT2D eigenvalue weighted by atomic mass is 15.9. The van der Waals surface area contributed by atoms with Gasteiger partial charge in [0, 0.05) is 21.1 Å². The zero-order valence-electron chi connectivity index (χ0n) is 8.54. The number of fused-ring (bicyclic) bond motifs is 1. The summed E-state index contributed by atoms with van der Waals surface area (Å²) in [6, 6.07) is 0. The fourth-order valence-electron chi connectivity index (χ4n) is 2.61. The first-order valence-corrected chi connectivity index (χ1v) is 4.69. The fraction of sp³-hybridized carbons (Fsp3) is 1.00. The molecule has 76 valence electrons. The molecule has 2 aliphatic heterocycles. The third-order valence-electron chi connectivity index (χ3n) is 3.38. The van der Waals surface area contributed by atoms with Crippen LogP contribution in [0.5, 0.6) is 0 Å². The Morgan fingerprint density at radius 3 is 1.86 bits per heavy atom. The van der Waals surface area contributed by atoms with Crippen LogP contribution in [-0.2, 0) is 0 Å². The van der Waals surface area contributed by atoms with E-state index < -0.39 is 5.79 Å². The molecule has 7 nitrogen and oxygen atoms in total. The Morgan fingerprint density at radius 2 is 1.36 bits per heavy atom. The maximum absolute atomic E-state index is 4.34. The zero-order chi connectivity index (χ0) is 9.97. The summed E-state index contributed by atoms with van der Waals surface area (Å²) in [4.78, 5) is 0. The predicted molar refractivity (Wildman–Crippen MR) is 47.7 cm³/mol. The fourth-order valence-corrected chi connectivity index (χ4v) is 2.61. The van der Waals surface area contributed by atoms with Gasteiger partial charge in [0.1, 0.15) is 5.54 Å². The lowest BCUT2D eigenvalue weighted by Crippen LogP contribution is -2.65. The Balaban J connectivity index is 2.10. The van der Waals surface area contributed by atoms with Gasteiger partial charge in [0.15, 0.2) is 0 Å². The van der Waals surface area contributed by atoms with Gasteiger partial charge < -0.3 is 0 Å². The molecule has 0 aromatic rings. The first-order chi connectivity index (χ1) is 6.63. The van der Waals surface area contributed by atoms with Crippen molar-refractivity contribution in [2.75, 3.05) is 21.1 Å². The minimum Gasteiger partial charge on any atom is -0.233 e. The van der Waals surface area contributed by atoms with Crippen LogP contribution in [0.3, 0.4) is 0 Å². The second kappa shape index (κ2) is 1.99. The molecule has 7 heteroatoms. The van der Waals surface area contributed by atoms with Crippen LogP contribution < -0.4 is 0 Å². The lowest BCUT2D eigenvalue weighted by molar-refractivity contribution is -0.108. The summed E-state index contributed by atoms with van der Waals surface area (Å²) in [5, 5.41) is 22.2. The topological polar surface area (TPSA) is 59.2 Å². The van der Waals surface area contributed by atoms with Gasteiger partial charge in [-0.25, -0.2) is 15.0 Å². The van der Waals surface area contributed by atoms with Crippen molar-refractivity contribution in [3.63, 3.8) is 0 Å². The molecule has 0 N–H and O–H groups in total. The van der Waals surface area contributed by atoms with E-state index in [1.807, 2.05) is 36.2 Å². The van der Waals surface area contributed by atoms with E-state index in [0.717, 1.165) is 12.8 Å². The average Bonchev–Trinajstić information content (AvgIpc) is 2.80. The Bertz CT molecular complexity index is 311. The number of rotatable bonds is 0. The molecule has 1 aliphatic carbocycles. The van der Waals surface area contributed by atoms with Crippen LogP contribution in [0.15, 0.2) is 20.8 Å². The summed E-state index contributed by atoms with van der Waals surface area (Å²) in [5.74, 6) is -0.396. The third-order valence-corrected chi connectivity index (χ3v) is 3.38. The molecular formula is C7H13N7. The molecule has 0 amide bonds. The molecule has 0 radical (unpaired) electrons. The highest BCUT2D eigenvalue weighted by Crippen LogP contribution is 2.58. The summed E-state index contributed by atoms with van der Waals surface area (Å²) in [5.41, 5.74) is -0.116. The lowest BCUT2D eigenvalue weighted by atomic mass is 10.1. The second-order valence-electron chi connectivity index (χ2n) is 4.11. The smallest absolute Gasteiger partial charge is 0.233 e. The molecule has 2 spiro atoms. The molecule has 0 aromatic carbocycles. The van der Waals surface area contributed by atoms with Crippen LogP contribution in [0.4, 0.5) is 0 Å². The van der Waals surface area contributed by atoms with Gasteiger partial charge in [-0.3, -0.25) is 0 Å². The van der Waals surface area contributed by atoms with Crippen molar-refractivity contribution < 1.29 is 0 Å². The van der Waals surface area contributed by atoms with Gasteiger partial charge in [-0.2, -0.15) is 5.11 Å². The van der Waals surface area contributed by atoms with Crippen molar-refractivity contribution in [2.45, 2.75) is 24.2 Å². The lowest BCUT2D eigenvalue weighted by Gasteiger charge is -2.41. The first-order valence-electron chi connectivity index (χ1n) is 4.69. The molecule has 0 atom stereocenters. The average molecular weight is 195 g/mol. The molecule has 1 saturated carbocycles. The van der Waals surface area contributed by atoms with Crippen molar-refractivity contribution in [1.82, 2.24) is 15.0 Å². The largest absolute Gasteiger partial charge is 0.268 e. The molecule has 0 unspecified atom stereocenters. The Labute approximate surface area is 82.0 Å². The molecule has 3 rings (SSSR count). The second-order valence-corrected chi connectivity index (χ2v) is 4.11. The Hall–Kier alpha value is -1.40. The summed E-state index contributed by atoms with van der Waals surface area (Å²) in [7, 11) is 5.75. The van der Waals surface area contributed by atoms with Crippen molar-refractivity contribution in [3.05, 3.63) is 0 Å². The summed E-state index contributed by atoms with van der Waals surface area (Å²) in [6.45, 7) is 0.